The van der Waals surface area contributed by atoms with Gasteiger partial charge in [0, 0.05) is 15.8 Å². The molecule has 0 spiro atoms. The molecule has 1 atom stereocenters. The smallest absolute Gasteiger partial charge is 0.0556 e. The zero-order valence-electron chi connectivity index (χ0n) is 10.1. The highest BCUT2D eigenvalue weighted by Gasteiger charge is 2.11. The summed E-state index contributed by atoms with van der Waals surface area (Å²) >= 11 is 1.64. The lowest BCUT2D eigenvalue weighted by molar-refractivity contribution is 0.294. The van der Waals surface area contributed by atoms with E-state index in [0.29, 0.717) is 0 Å². The Morgan fingerprint density at radius 3 is 2.33 bits per heavy atom. The van der Waals surface area contributed by atoms with Crippen LogP contribution in [0.1, 0.15) is 5.56 Å². The van der Waals surface area contributed by atoms with Crippen LogP contribution in [0.4, 0.5) is 5.69 Å². The lowest BCUT2D eigenvalue weighted by Gasteiger charge is -2.15. The van der Waals surface area contributed by atoms with Crippen molar-refractivity contribution in [1.29, 1.82) is 0 Å². The van der Waals surface area contributed by atoms with Gasteiger partial charge in [-0.1, -0.05) is 42.5 Å². The summed E-state index contributed by atoms with van der Waals surface area (Å²) in [5, 5.41) is 9.61. The first-order valence-electron chi connectivity index (χ1n) is 5.95. The fourth-order valence-corrected chi connectivity index (χ4v) is 2.86. The van der Waals surface area contributed by atoms with Crippen molar-refractivity contribution in [2.45, 2.75) is 16.6 Å². The largest absolute Gasteiger partial charge is 0.398 e. The van der Waals surface area contributed by atoms with E-state index in [1.807, 2.05) is 42.5 Å². The molecular weight excluding hydrogens is 242 g/mol. The highest BCUT2D eigenvalue weighted by Crippen LogP contribution is 2.29. The van der Waals surface area contributed by atoms with Crippen LogP contribution in [0, 0.1) is 0 Å². The number of aliphatic hydroxyl groups is 1. The lowest BCUT2D eigenvalue weighted by Crippen LogP contribution is -2.12. The predicted octanol–water partition coefficient (Wildman–Crippen LogP) is 2.96. The van der Waals surface area contributed by atoms with Crippen LogP contribution in [0.5, 0.6) is 0 Å². The van der Waals surface area contributed by atoms with E-state index in [1.165, 1.54) is 5.56 Å². The molecule has 2 nitrogen and oxygen atoms in total. The molecule has 0 fully saturated rings. The molecule has 0 saturated heterocycles. The highest BCUT2D eigenvalue weighted by molar-refractivity contribution is 8.00. The van der Waals surface area contributed by atoms with Gasteiger partial charge in [-0.2, -0.15) is 0 Å². The summed E-state index contributed by atoms with van der Waals surface area (Å²) in [5.74, 6) is 0. The molecule has 0 saturated carbocycles. The van der Waals surface area contributed by atoms with Gasteiger partial charge in [0.1, 0.15) is 0 Å². The third-order valence-corrected chi connectivity index (χ3v) is 4.00. The lowest BCUT2D eigenvalue weighted by atomic mass is 10.1. The quantitative estimate of drug-likeness (QED) is 0.641. The first-order chi connectivity index (χ1) is 8.79. The third-order valence-electron chi connectivity index (χ3n) is 2.72. The molecular formula is C15H17NOS. The normalized spacial score (nSPS) is 12.3. The average Bonchev–Trinajstić information content (AvgIpc) is 2.41. The molecule has 0 heterocycles. The average molecular weight is 259 g/mol. The minimum absolute atomic E-state index is 0.136. The van der Waals surface area contributed by atoms with Gasteiger partial charge in [-0.25, -0.2) is 0 Å². The SMILES string of the molecule is Nc1ccccc1SC(CO)Cc1ccccc1. The van der Waals surface area contributed by atoms with E-state index in [4.69, 9.17) is 5.73 Å². The van der Waals surface area contributed by atoms with Crippen LogP contribution >= 0.6 is 11.8 Å². The minimum Gasteiger partial charge on any atom is -0.398 e. The van der Waals surface area contributed by atoms with Gasteiger partial charge < -0.3 is 10.8 Å². The van der Waals surface area contributed by atoms with E-state index < -0.39 is 0 Å². The number of nitrogen functional groups attached to an aromatic ring is 1. The molecule has 2 aromatic carbocycles. The summed E-state index contributed by atoms with van der Waals surface area (Å²) in [6.45, 7) is 0.147. The van der Waals surface area contributed by atoms with Crippen LogP contribution in [0.15, 0.2) is 59.5 Å². The Kier molecular flexibility index (Phi) is 4.67. The maximum absolute atomic E-state index is 9.48. The number of thioether (sulfide) groups is 1. The summed E-state index contributed by atoms with van der Waals surface area (Å²) in [5.41, 5.74) is 7.92. The van der Waals surface area contributed by atoms with Crippen molar-refractivity contribution in [3.05, 3.63) is 60.2 Å². The Morgan fingerprint density at radius 2 is 1.67 bits per heavy atom. The molecule has 0 aliphatic rings. The second-order valence-corrected chi connectivity index (χ2v) is 5.49. The van der Waals surface area contributed by atoms with Gasteiger partial charge in [0.25, 0.3) is 0 Å². The second kappa shape index (κ2) is 6.47. The van der Waals surface area contributed by atoms with E-state index >= 15 is 0 Å². The van der Waals surface area contributed by atoms with Crippen LogP contribution in [0.25, 0.3) is 0 Å². The molecule has 0 aromatic heterocycles. The molecule has 18 heavy (non-hydrogen) atoms. The van der Waals surface area contributed by atoms with Crippen LogP contribution in [-0.4, -0.2) is 17.0 Å². The summed E-state index contributed by atoms with van der Waals surface area (Å²) in [4.78, 5) is 1.03. The molecule has 0 aliphatic heterocycles. The van der Waals surface area contributed by atoms with E-state index in [2.05, 4.69) is 12.1 Å². The minimum atomic E-state index is 0.136. The van der Waals surface area contributed by atoms with Gasteiger partial charge in [-0.3, -0.25) is 0 Å². The Bertz CT molecular complexity index is 487. The van der Waals surface area contributed by atoms with Gasteiger partial charge in [0.05, 0.1) is 6.61 Å². The molecule has 0 aliphatic carbocycles. The summed E-state index contributed by atoms with van der Waals surface area (Å²) in [7, 11) is 0. The summed E-state index contributed by atoms with van der Waals surface area (Å²) < 4.78 is 0. The Hall–Kier alpha value is -1.45. The first-order valence-corrected chi connectivity index (χ1v) is 6.83. The Labute approximate surface area is 112 Å². The number of rotatable bonds is 5. The van der Waals surface area contributed by atoms with Crippen LogP contribution in [0.2, 0.25) is 0 Å². The number of hydrogen-bond acceptors (Lipinski definition) is 3. The molecule has 0 amide bonds. The predicted molar refractivity (Wildman–Crippen MR) is 77.7 cm³/mol. The molecule has 0 radical (unpaired) electrons. The van der Waals surface area contributed by atoms with Gasteiger partial charge >= 0.3 is 0 Å². The molecule has 3 heteroatoms. The van der Waals surface area contributed by atoms with Crippen LogP contribution in [0.3, 0.4) is 0 Å². The fourth-order valence-electron chi connectivity index (χ4n) is 1.79. The number of benzene rings is 2. The van der Waals surface area contributed by atoms with Crippen LogP contribution < -0.4 is 5.73 Å². The van der Waals surface area contributed by atoms with Crippen molar-refractivity contribution in [3.63, 3.8) is 0 Å². The van der Waals surface area contributed by atoms with E-state index in [0.717, 1.165) is 17.0 Å². The number of anilines is 1. The van der Waals surface area contributed by atoms with Crippen molar-refractivity contribution in [3.8, 4) is 0 Å². The zero-order chi connectivity index (χ0) is 12.8. The highest BCUT2D eigenvalue weighted by atomic mass is 32.2. The van der Waals surface area contributed by atoms with Gasteiger partial charge in [0.2, 0.25) is 0 Å². The Morgan fingerprint density at radius 1 is 1.00 bits per heavy atom. The van der Waals surface area contributed by atoms with E-state index in [9.17, 15) is 5.11 Å². The van der Waals surface area contributed by atoms with Crippen molar-refractivity contribution in [2.75, 3.05) is 12.3 Å². The monoisotopic (exact) mass is 259 g/mol. The van der Waals surface area contributed by atoms with Crippen molar-refractivity contribution >= 4 is 17.4 Å². The Balaban J connectivity index is 2.04. The fraction of sp³-hybridized carbons (Fsp3) is 0.200. The van der Waals surface area contributed by atoms with Crippen molar-refractivity contribution in [2.24, 2.45) is 0 Å². The zero-order valence-corrected chi connectivity index (χ0v) is 10.9. The molecule has 3 N–H and O–H groups in total. The van der Waals surface area contributed by atoms with E-state index in [1.54, 1.807) is 11.8 Å². The maximum atomic E-state index is 9.48. The number of hydrogen-bond donors (Lipinski definition) is 2. The summed E-state index contributed by atoms with van der Waals surface area (Å²) in [6, 6.07) is 18.0. The first kappa shape index (κ1) is 13.0. The van der Waals surface area contributed by atoms with Gasteiger partial charge in [-0.15, -0.1) is 11.8 Å². The molecule has 2 rings (SSSR count). The van der Waals surface area contributed by atoms with E-state index in [-0.39, 0.29) is 11.9 Å². The summed E-state index contributed by atoms with van der Waals surface area (Å²) in [6.07, 6.45) is 0.844. The molecule has 1 unspecified atom stereocenters. The second-order valence-electron chi connectivity index (χ2n) is 4.15. The standard InChI is InChI=1S/C15H17NOS/c16-14-8-4-5-9-15(14)18-13(11-17)10-12-6-2-1-3-7-12/h1-9,13,17H,10-11,16H2. The molecule has 0 bridgehead atoms. The van der Waals surface area contributed by atoms with Gasteiger partial charge in [0.15, 0.2) is 0 Å². The topological polar surface area (TPSA) is 46.2 Å². The van der Waals surface area contributed by atoms with Crippen LogP contribution in [-0.2, 0) is 6.42 Å². The van der Waals surface area contributed by atoms with Crippen molar-refractivity contribution in [1.82, 2.24) is 0 Å². The third kappa shape index (κ3) is 3.52. The van der Waals surface area contributed by atoms with Gasteiger partial charge in [-0.05, 0) is 24.1 Å². The van der Waals surface area contributed by atoms with Crippen molar-refractivity contribution < 1.29 is 5.11 Å². The maximum Gasteiger partial charge on any atom is 0.0556 e. The molecule has 94 valence electrons. The number of aliphatic hydroxyl groups excluding tert-OH is 1. The number of para-hydroxylation sites is 1. The number of nitrogens with two attached hydrogens (primary N) is 1. The molecule has 2 aromatic rings.